The van der Waals surface area contributed by atoms with Crippen molar-refractivity contribution in [2.75, 3.05) is 19.6 Å². The second-order valence-electron chi connectivity index (χ2n) is 5.65. The van der Waals surface area contributed by atoms with E-state index in [-0.39, 0.29) is 18.1 Å². The van der Waals surface area contributed by atoms with Gasteiger partial charge in [0.2, 0.25) is 0 Å². The molecule has 1 N–H and O–H groups in total. The summed E-state index contributed by atoms with van der Waals surface area (Å²) in [6, 6.07) is 0. The van der Waals surface area contributed by atoms with E-state index in [1.54, 1.807) is 6.92 Å². The fraction of sp³-hybridized carbons (Fsp3) is 0.714. The lowest BCUT2D eigenvalue weighted by Gasteiger charge is -2.36. The van der Waals surface area contributed by atoms with E-state index >= 15 is 0 Å². The number of carboxylic acids is 1. The molecule has 1 aromatic heterocycles. The summed E-state index contributed by atoms with van der Waals surface area (Å²) >= 11 is 1.30. The van der Waals surface area contributed by atoms with Crippen LogP contribution in [0.4, 0.5) is 0 Å². The van der Waals surface area contributed by atoms with Crippen LogP contribution >= 0.6 is 11.3 Å². The molecule has 0 radical (unpaired) electrons. The van der Waals surface area contributed by atoms with Crippen molar-refractivity contribution in [1.82, 2.24) is 9.88 Å². The molecule has 0 bridgehead atoms. The van der Waals surface area contributed by atoms with E-state index in [2.05, 4.69) is 30.7 Å². The Balaban J connectivity index is 2.02. The molecular weight excluding hydrogens is 276 g/mol. The van der Waals surface area contributed by atoms with E-state index in [1.807, 2.05) is 0 Å². The molecule has 3 unspecified atom stereocenters. The summed E-state index contributed by atoms with van der Waals surface area (Å²) in [7, 11) is 0. The summed E-state index contributed by atoms with van der Waals surface area (Å²) < 4.78 is 5.73. The molecular formula is C14H22N2O3S. The SMILES string of the molecule is Cc1nc(C(C)CN2CC(C)OC(C)C2)sc1C(=O)O. The highest BCUT2D eigenvalue weighted by molar-refractivity contribution is 7.13. The minimum Gasteiger partial charge on any atom is -0.477 e. The first-order valence-corrected chi connectivity index (χ1v) is 7.77. The molecule has 2 rings (SSSR count). The van der Waals surface area contributed by atoms with Crippen LogP contribution in [-0.2, 0) is 4.74 Å². The van der Waals surface area contributed by atoms with Crippen molar-refractivity contribution < 1.29 is 14.6 Å². The van der Waals surface area contributed by atoms with Crippen molar-refractivity contribution in [3.8, 4) is 0 Å². The maximum Gasteiger partial charge on any atom is 0.347 e. The molecule has 5 nitrogen and oxygen atoms in total. The van der Waals surface area contributed by atoms with Crippen LogP contribution in [0.2, 0.25) is 0 Å². The van der Waals surface area contributed by atoms with Gasteiger partial charge in [-0.3, -0.25) is 4.90 Å². The summed E-state index contributed by atoms with van der Waals surface area (Å²) in [5.41, 5.74) is 0.619. The minimum absolute atomic E-state index is 0.240. The second kappa shape index (κ2) is 6.20. The Morgan fingerprint density at radius 2 is 2.10 bits per heavy atom. The first kappa shape index (κ1) is 15.4. The first-order valence-electron chi connectivity index (χ1n) is 6.95. The van der Waals surface area contributed by atoms with Gasteiger partial charge < -0.3 is 9.84 Å². The molecule has 112 valence electrons. The zero-order valence-corrected chi connectivity index (χ0v) is 13.2. The maximum atomic E-state index is 11.1. The van der Waals surface area contributed by atoms with Gasteiger partial charge >= 0.3 is 5.97 Å². The molecule has 1 fully saturated rings. The van der Waals surface area contributed by atoms with Gasteiger partial charge in [0.25, 0.3) is 0 Å². The average molecular weight is 298 g/mol. The van der Waals surface area contributed by atoms with Gasteiger partial charge in [-0.2, -0.15) is 0 Å². The minimum atomic E-state index is -0.882. The number of ether oxygens (including phenoxy) is 1. The highest BCUT2D eigenvalue weighted by atomic mass is 32.1. The van der Waals surface area contributed by atoms with Crippen LogP contribution in [0.1, 0.15) is 47.1 Å². The van der Waals surface area contributed by atoms with Crippen LogP contribution < -0.4 is 0 Å². The number of morpholine rings is 1. The number of carboxylic acid groups (broad SMARTS) is 1. The molecule has 0 aromatic carbocycles. The molecule has 0 amide bonds. The Labute approximate surface area is 123 Å². The van der Waals surface area contributed by atoms with Gasteiger partial charge in [0.05, 0.1) is 22.9 Å². The molecule has 3 atom stereocenters. The van der Waals surface area contributed by atoms with Crippen molar-refractivity contribution in [3.05, 3.63) is 15.6 Å². The van der Waals surface area contributed by atoms with Gasteiger partial charge in [-0.1, -0.05) is 6.92 Å². The lowest BCUT2D eigenvalue weighted by Crippen LogP contribution is -2.46. The summed E-state index contributed by atoms with van der Waals surface area (Å²) in [5, 5.41) is 10.0. The van der Waals surface area contributed by atoms with Gasteiger partial charge in [-0.05, 0) is 20.8 Å². The van der Waals surface area contributed by atoms with E-state index in [0.29, 0.717) is 10.6 Å². The van der Waals surface area contributed by atoms with Gasteiger partial charge in [0.15, 0.2) is 0 Å². The monoisotopic (exact) mass is 298 g/mol. The normalized spacial score (nSPS) is 25.6. The van der Waals surface area contributed by atoms with Crippen molar-refractivity contribution in [1.29, 1.82) is 0 Å². The molecule has 2 heterocycles. The summed E-state index contributed by atoms with van der Waals surface area (Å²) in [6.45, 7) is 10.8. The largest absolute Gasteiger partial charge is 0.477 e. The van der Waals surface area contributed by atoms with E-state index in [9.17, 15) is 4.79 Å². The third kappa shape index (κ3) is 3.56. The van der Waals surface area contributed by atoms with Crippen LogP contribution in [0.25, 0.3) is 0 Å². The van der Waals surface area contributed by atoms with Crippen molar-refractivity contribution >= 4 is 17.3 Å². The number of aromatic carboxylic acids is 1. The smallest absolute Gasteiger partial charge is 0.347 e. The predicted octanol–water partition coefficient (Wildman–Crippen LogP) is 2.36. The van der Waals surface area contributed by atoms with Crippen LogP contribution in [0.5, 0.6) is 0 Å². The summed E-state index contributed by atoms with van der Waals surface area (Å²) in [4.78, 5) is 18.2. The van der Waals surface area contributed by atoms with Crippen molar-refractivity contribution in [3.63, 3.8) is 0 Å². The fourth-order valence-corrected chi connectivity index (χ4v) is 3.67. The van der Waals surface area contributed by atoms with Gasteiger partial charge in [0, 0.05) is 25.6 Å². The molecule has 0 spiro atoms. The van der Waals surface area contributed by atoms with Gasteiger partial charge in [-0.15, -0.1) is 11.3 Å². The summed E-state index contributed by atoms with van der Waals surface area (Å²) in [5.74, 6) is -0.642. The number of hydrogen-bond donors (Lipinski definition) is 1. The van der Waals surface area contributed by atoms with E-state index in [4.69, 9.17) is 9.84 Å². The van der Waals surface area contributed by atoms with Gasteiger partial charge in [-0.25, -0.2) is 9.78 Å². The first-order chi connectivity index (χ1) is 9.36. The zero-order valence-electron chi connectivity index (χ0n) is 12.4. The fourth-order valence-electron chi connectivity index (χ4n) is 2.73. The highest BCUT2D eigenvalue weighted by Crippen LogP contribution is 2.26. The van der Waals surface area contributed by atoms with Crippen LogP contribution in [0, 0.1) is 6.92 Å². The standard InChI is InChI=1S/C14H22N2O3S/c1-8(5-16-6-9(2)19-10(3)7-16)13-15-11(4)12(20-13)14(17)18/h8-10H,5-7H2,1-4H3,(H,17,18). The molecule has 1 aromatic rings. The van der Waals surface area contributed by atoms with Crippen LogP contribution in [0.3, 0.4) is 0 Å². The van der Waals surface area contributed by atoms with Crippen molar-refractivity contribution in [2.45, 2.75) is 45.8 Å². The Morgan fingerprint density at radius 1 is 1.50 bits per heavy atom. The van der Waals surface area contributed by atoms with E-state index in [1.165, 1.54) is 11.3 Å². The average Bonchev–Trinajstić information content (AvgIpc) is 2.70. The molecule has 6 heteroatoms. The number of aryl methyl sites for hydroxylation is 1. The molecule has 0 aliphatic carbocycles. The van der Waals surface area contributed by atoms with Crippen LogP contribution in [0.15, 0.2) is 0 Å². The number of thiazole rings is 1. The topological polar surface area (TPSA) is 62.7 Å². The predicted molar refractivity (Wildman–Crippen MR) is 78.7 cm³/mol. The number of aromatic nitrogens is 1. The zero-order chi connectivity index (χ0) is 14.9. The number of rotatable bonds is 4. The number of nitrogens with zero attached hydrogens (tertiary/aromatic N) is 2. The van der Waals surface area contributed by atoms with Crippen LogP contribution in [-0.4, -0.2) is 52.8 Å². The maximum absolute atomic E-state index is 11.1. The molecule has 1 saturated heterocycles. The number of carbonyl (C=O) groups is 1. The quantitative estimate of drug-likeness (QED) is 0.924. The molecule has 0 saturated carbocycles. The Hall–Kier alpha value is -0.980. The van der Waals surface area contributed by atoms with Crippen molar-refractivity contribution in [2.24, 2.45) is 0 Å². The molecule has 20 heavy (non-hydrogen) atoms. The number of hydrogen-bond acceptors (Lipinski definition) is 5. The third-order valence-electron chi connectivity index (χ3n) is 3.46. The Kier molecular flexibility index (Phi) is 4.78. The second-order valence-corrected chi connectivity index (χ2v) is 6.68. The summed E-state index contributed by atoms with van der Waals surface area (Å²) in [6.07, 6.45) is 0.497. The molecule has 1 aliphatic rings. The third-order valence-corrected chi connectivity index (χ3v) is 4.83. The lowest BCUT2D eigenvalue weighted by molar-refractivity contribution is -0.0689. The molecule has 1 aliphatic heterocycles. The Morgan fingerprint density at radius 3 is 2.60 bits per heavy atom. The van der Waals surface area contributed by atoms with E-state index in [0.717, 1.165) is 24.6 Å². The Bertz CT molecular complexity index is 479. The van der Waals surface area contributed by atoms with Gasteiger partial charge in [0.1, 0.15) is 4.88 Å². The van der Waals surface area contributed by atoms with E-state index < -0.39 is 5.97 Å². The highest BCUT2D eigenvalue weighted by Gasteiger charge is 2.25. The lowest BCUT2D eigenvalue weighted by atomic mass is 10.1.